The lowest BCUT2D eigenvalue weighted by Crippen LogP contribution is -2.50. The molecule has 0 amide bonds. The highest BCUT2D eigenvalue weighted by Gasteiger charge is 2.33. The van der Waals surface area contributed by atoms with Crippen LogP contribution in [0, 0.1) is 0 Å². The van der Waals surface area contributed by atoms with Gasteiger partial charge in [0, 0.05) is 31.6 Å². The molecule has 18 heavy (non-hydrogen) atoms. The Kier molecular flexibility index (Phi) is 6.92. The minimum Gasteiger partial charge on any atom is -0.195 e. The second-order valence-corrected chi connectivity index (χ2v) is 7.00. The fourth-order valence-electron chi connectivity index (χ4n) is 2.51. The Balaban J connectivity index is 2.87. The second-order valence-electron chi connectivity index (χ2n) is 4.74. The molecule has 4 nitrogen and oxygen atoms in total. The van der Waals surface area contributed by atoms with Gasteiger partial charge < -0.3 is 0 Å². The summed E-state index contributed by atoms with van der Waals surface area (Å²) in [6, 6.07) is 0.0654. The van der Waals surface area contributed by atoms with Crippen LogP contribution < -0.4 is 0 Å². The number of hydrogen-bond donors (Lipinski definition) is 0. The summed E-state index contributed by atoms with van der Waals surface area (Å²) in [6.07, 6.45) is 4.74. The fourth-order valence-corrected chi connectivity index (χ4v) is 4.81. The summed E-state index contributed by atoms with van der Waals surface area (Å²) in [5.74, 6) is 0.351. The van der Waals surface area contributed by atoms with Gasteiger partial charge >= 0.3 is 0 Å². The Labute approximate surface area is 116 Å². The normalized spacial score (nSPS) is 18.7. The standard InChI is InChI=1S/C12H25ClN2O2S/c1-3-12(4-2)15(11-8-13)18(16,17)14-9-6-5-7-10-14/h12H,3-11H2,1-2H3. The van der Waals surface area contributed by atoms with E-state index in [1.54, 1.807) is 8.61 Å². The van der Waals surface area contributed by atoms with E-state index in [4.69, 9.17) is 11.6 Å². The zero-order valence-corrected chi connectivity index (χ0v) is 13.0. The molecule has 0 aromatic carbocycles. The Morgan fingerprint density at radius 3 is 2.17 bits per heavy atom. The molecule has 0 aliphatic carbocycles. The molecule has 1 aliphatic rings. The van der Waals surface area contributed by atoms with Gasteiger partial charge in [0.05, 0.1) is 0 Å². The van der Waals surface area contributed by atoms with E-state index in [9.17, 15) is 8.42 Å². The van der Waals surface area contributed by atoms with Crippen LogP contribution in [-0.4, -0.2) is 48.6 Å². The molecular formula is C12H25ClN2O2S. The lowest BCUT2D eigenvalue weighted by atomic mass is 10.2. The van der Waals surface area contributed by atoms with E-state index < -0.39 is 10.2 Å². The highest BCUT2D eigenvalue weighted by atomic mass is 35.5. The summed E-state index contributed by atoms with van der Waals surface area (Å²) >= 11 is 5.77. The van der Waals surface area contributed by atoms with Crippen molar-refractivity contribution < 1.29 is 8.42 Å². The molecule has 108 valence electrons. The topological polar surface area (TPSA) is 40.6 Å². The third-order valence-corrected chi connectivity index (χ3v) is 5.85. The predicted octanol–water partition coefficient (Wildman–Crippen LogP) is 2.45. The highest BCUT2D eigenvalue weighted by Crippen LogP contribution is 2.21. The van der Waals surface area contributed by atoms with Gasteiger partial charge in [0.15, 0.2) is 0 Å². The van der Waals surface area contributed by atoms with Crippen LogP contribution in [0.5, 0.6) is 0 Å². The summed E-state index contributed by atoms with van der Waals surface area (Å²) in [4.78, 5) is 0. The van der Waals surface area contributed by atoms with Crippen LogP contribution in [0.3, 0.4) is 0 Å². The smallest absolute Gasteiger partial charge is 0.195 e. The largest absolute Gasteiger partial charge is 0.282 e. The van der Waals surface area contributed by atoms with Crippen LogP contribution in [0.2, 0.25) is 0 Å². The van der Waals surface area contributed by atoms with Crippen molar-refractivity contribution in [3.63, 3.8) is 0 Å². The summed E-state index contributed by atoms with van der Waals surface area (Å²) in [6.45, 7) is 5.78. The first kappa shape index (κ1) is 16.2. The van der Waals surface area contributed by atoms with Crippen molar-refractivity contribution >= 4 is 21.8 Å². The quantitative estimate of drug-likeness (QED) is 0.677. The lowest BCUT2D eigenvalue weighted by Gasteiger charge is -2.35. The maximum atomic E-state index is 12.6. The number of halogens is 1. The van der Waals surface area contributed by atoms with Crippen LogP contribution in [0.4, 0.5) is 0 Å². The van der Waals surface area contributed by atoms with Crippen molar-refractivity contribution in [2.24, 2.45) is 0 Å². The molecule has 1 fully saturated rings. The number of hydrogen-bond acceptors (Lipinski definition) is 2. The van der Waals surface area contributed by atoms with E-state index in [-0.39, 0.29) is 6.04 Å². The van der Waals surface area contributed by atoms with Crippen LogP contribution in [0.25, 0.3) is 0 Å². The minimum absolute atomic E-state index is 0.0654. The molecule has 0 unspecified atom stereocenters. The van der Waals surface area contributed by atoms with E-state index in [1.165, 1.54) is 0 Å². The molecule has 1 rings (SSSR count). The zero-order chi connectivity index (χ0) is 13.6. The summed E-state index contributed by atoms with van der Waals surface area (Å²) < 4.78 is 28.5. The maximum absolute atomic E-state index is 12.6. The molecule has 6 heteroatoms. The van der Waals surface area contributed by atoms with Gasteiger partial charge in [-0.15, -0.1) is 11.6 Å². The SMILES string of the molecule is CCC(CC)N(CCCl)S(=O)(=O)N1CCCCC1. The zero-order valence-electron chi connectivity index (χ0n) is 11.4. The van der Waals surface area contributed by atoms with Gasteiger partial charge in [0.1, 0.15) is 0 Å². The molecule has 1 heterocycles. The number of alkyl halides is 1. The van der Waals surface area contributed by atoms with E-state index in [1.807, 2.05) is 13.8 Å². The Morgan fingerprint density at radius 2 is 1.72 bits per heavy atom. The molecule has 0 atom stereocenters. The van der Waals surface area contributed by atoms with Gasteiger partial charge in [-0.1, -0.05) is 20.3 Å². The third kappa shape index (κ3) is 3.83. The van der Waals surface area contributed by atoms with Crippen molar-refractivity contribution in [3.05, 3.63) is 0 Å². The molecule has 0 aromatic heterocycles. The number of piperidine rings is 1. The van der Waals surface area contributed by atoms with Gasteiger partial charge in [0.25, 0.3) is 10.2 Å². The highest BCUT2D eigenvalue weighted by molar-refractivity contribution is 7.86. The number of rotatable bonds is 7. The third-order valence-electron chi connectivity index (χ3n) is 3.59. The molecule has 0 N–H and O–H groups in total. The molecule has 1 saturated heterocycles. The van der Waals surface area contributed by atoms with E-state index in [0.29, 0.717) is 25.5 Å². The maximum Gasteiger partial charge on any atom is 0.282 e. The van der Waals surface area contributed by atoms with Crippen molar-refractivity contribution in [1.29, 1.82) is 0 Å². The molecular weight excluding hydrogens is 272 g/mol. The molecule has 0 radical (unpaired) electrons. The van der Waals surface area contributed by atoms with Crippen LogP contribution >= 0.6 is 11.6 Å². The summed E-state index contributed by atoms with van der Waals surface area (Å²) in [7, 11) is -3.33. The van der Waals surface area contributed by atoms with Gasteiger partial charge in [0.2, 0.25) is 0 Å². The van der Waals surface area contributed by atoms with E-state index in [0.717, 1.165) is 32.1 Å². The Hall–Kier alpha value is 0.160. The average Bonchev–Trinajstić information content (AvgIpc) is 2.40. The van der Waals surface area contributed by atoms with Gasteiger partial charge in [-0.2, -0.15) is 17.0 Å². The van der Waals surface area contributed by atoms with Gasteiger partial charge in [-0.05, 0) is 25.7 Å². The summed E-state index contributed by atoms with van der Waals surface area (Å²) in [5.41, 5.74) is 0. The van der Waals surface area contributed by atoms with Crippen molar-refractivity contribution in [3.8, 4) is 0 Å². The Bertz CT molecular complexity index is 325. The van der Waals surface area contributed by atoms with Gasteiger partial charge in [-0.3, -0.25) is 0 Å². The predicted molar refractivity (Wildman–Crippen MR) is 76.1 cm³/mol. The summed E-state index contributed by atoms with van der Waals surface area (Å²) in [5, 5.41) is 0. The molecule has 0 saturated carbocycles. The van der Waals surface area contributed by atoms with Gasteiger partial charge in [-0.25, -0.2) is 0 Å². The van der Waals surface area contributed by atoms with Crippen molar-refractivity contribution in [1.82, 2.24) is 8.61 Å². The first-order valence-corrected chi connectivity index (χ1v) is 8.83. The second kappa shape index (κ2) is 7.68. The van der Waals surface area contributed by atoms with Crippen molar-refractivity contribution in [2.45, 2.75) is 52.0 Å². The van der Waals surface area contributed by atoms with E-state index >= 15 is 0 Å². The fraction of sp³-hybridized carbons (Fsp3) is 1.00. The first-order chi connectivity index (χ1) is 8.57. The first-order valence-electron chi connectivity index (χ1n) is 6.90. The molecule has 0 spiro atoms. The van der Waals surface area contributed by atoms with Crippen molar-refractivity contribution in [2.75, 3.05) is 25.5 Å². The number of nitrogens with zero attached hydrogens (tertiary/aromatic N) is 2. The van der Waals surface area contributed by atoms with E-state index in [2.05, 4.69) is 0 Å². The molecule has 0 aromatic rings. The minimum atomic E-state index is -3.33. The van der Waals surface area contributed by atoms with Crippen LogP contribution in [-0.2, 0) is 10.2 Å². The van der Waals surface area contributed by atoms with Crippen LogP contribution in [0.1, 0.15) is 46.0 Å². The molecule has 1 aliphatic heterocycles. The lowest BCUT2D eigenvalue weighted by molar-refractivity contribution is 0.264. The monoisotopic (exact) mass is 296 g/mol. The molecule has 0 bridgehead atoms. The Morgan fingerprint density at radius 1 is 1.17 bits per heavy atom. The van der Waals surface area contributed by atoms with Crippen LogP contribution in [0.15, 0.2) is 0 Å². The average molecular weight is 297 g/mol.